The standard InChI is InChI=1S/C28H36N4O6/c1-17(2)22-16-36-25(34)31(22)19-11-12-20-21(14-19)30(24(33)37-27(3,4)5)15-18-10-9-13-29-23(18)32(20)26(35)38-28(6,7)8/h9-14,17,22H,15-16H2,1-8H3/t22-/m0/s1. The van der Waals surface area contributed by atoms with Gasteiger partial charge >= 0.3 is 18.3 Å². The summed E-state index contributed by atoms with van der Waals surface area (Å²) < 4.78 is 16.9. The molecule has 0 aliphatic carbocycles. The van der Waals surface area contributed by atoms with Crippen LogP contribution in [0, 0.1) is 5.92 Å². The number of carbonyl (C=O) groups is 3. The van der Waals surface area contributed by atoms with Crippen LogP contribution in [0.1, 0.15) is 61.0 Å². The fourth-order valence-electron chi connectivity index (χ4n) is 4.39. The van der Waals surface area contributed by atoms with Gasteiger partial charge in [-0.2, -0.15) is 0 Å². The third-order valence-electron chi connectivity index (χ3n) is 6.04. The number of cyclic esters (lactones) is 1. The van der Waals surface area contributed by atoms with Gasteiger partial charge in [-0.15, -0.1) is 0 Å². The van der Waals surface area contributed by atoms with E-state index in [0.29, 0.717) is 28.4 Å². The number of hydrogen-bond acceptors (Lipinski definition) is 7. The number of rotatable bonds is 2. The first kappa shape index (κ1) is 27.2. The quantitative estimate of drug-likeness (QED) is 0.419. The molecule has 0 saturated carbocycles. The Kier molecular flexibility index (Phi) is 7.03. The first-order chi connectivity index (χ1) is 17.7. The van der Waals surface area contributed by atoms with E-state index in [2.05, 4.69) is 4.98 Å². The van der Waals surface area contributed by atoms with Crippen molar-refractivity contribution in [2.45, 2.75) is 79.2 Å². The van der Waals surface area contributed by atoms with Crippen LogP contribution in [0.25, 0.3) is 0 Å². The van der Waals surface area contributed by atoms with Gasteiger partial charge in [-0.3, -0.25) is 9.80 Å². The Labute approximate surface area is 223 Å². The van der Waals surface area contributed by atoms with Crippen molar-refractivity contribution in [2.75, 3.05) is 21.3 Å². The highest BCUT2D eigenvalue weighted by atomic mass is 16.6. The van der Waals surface area contributed by atoms with Crippen molar-refractivity contribution >= 4 is 41.2 Å². The Balaban J connectivity index is 1.92. The number of carbonyl (C=O) groups excluding carboxylic acids is 3. The third-order valence-corrected chi connectivity index (χ3v) is 6.04. The van der Waals surface area contributed by atoms with E-state index in [1.165, 1.54) is 9.80 Å². The smallest absolute Gasteiger partial charge is 0.420 e. The van der Waals surface area contributed by atoms with Gasteiger partial charge in [0, 0.05) is 17.4 Å². The fraction of sp³-hybridized carbons (Fsp3) is 0.500. The lowest BCUT2D eigenvalue weighted by Crippen LogP contribution is -2.38. The summed E-state index contributed by atoms with van der Waals surface area (Å²) in [7, 11) is 0. The highest BCUT2D eigenvalue weighted by Crippen LogP contribution is 2.44. The van der Waals surface area contributed by atoms with Gasteiger partial charge in [-0.05, 0) is 71.7 Å². The summed E-state index contributed by atoms with van der Waals surface area (Å²) in [6, 6.07) is 8.51. The van der Waals surface area contributed by atoms with Gasteiger partial charge in [-0.1, -0.05) is 19.9 Å². The first-order valence-corrected chi connectivity index (χ1v) is 12.7. The van der Waals surface area contributed by atoms with Gasteiger partial charge in [0.25, 0.3) is 0 Å². The topological polar surface area (TPSA) is 102 Å². The van der Waals surface area contributed by atoms with Crippen LogP contribution in [0.5, 0.6) is 0 Å². The molecule has 0 radical (unpaired) electrons. The number of pyridine rings is 1. The lowest BCUT2D eigenvalue weighted by atomic mass is 10.0. The van der Waals surface area contributed by atoms with Crippen molar-refractivity contribution in [3.05, 3.63) is 42.1 Å². The van der Waals surface area contributed by atoms with Crippen LogP contribution in [-0.2, 0) is 20.8 Å². The number of benzene rings is 1. The van der Waals surface area contributed by atoms with Gasteiger partial charge in [0.2, 0.25) is 0 Å². The van der Waals surface area contributed by atoms with Crippen molar-refractivity contribution in [1.82, 2.24) is 4.98 Å². The zero-order valence-corrected chi connectivity index (χ0v) is 23.3. The van der Waals surface area contributed by atoms with Crippen molar-refractivity contribution < 1.29 is 28.6 Å². The number of hydrogen-bond donors (Lipinski definition) is 0. The molecule has 1 saturated heterocycles. The molecule has 10 heteroatoms. The summed E-state index contributed by atoms with van der Waals surface area (Å²) >= 11 is 0. The Bertz CT molecular complexity index is 1250. The van der Waals surface area contributed by atoms with E-state index in [1.54, 1.807) is 83.0 Å². The van der Waals surface area contributed by atoms with Crippen molar-refractivity contribution in [2.24, 2.45) is 5.92 Å². The van der Waals surface area contributed by atoms with Crippen LogP contribution in [-0.4, -0.2) is 47.1 Å². The molecule has 1 aromatic heterocycles. The molecule has 2 aliphatic rings. The second-order valence-electron chi connectivity index (χ2n) is 11.8. The van der Waals surface area contributed by atoms with Crippen LogP contribution in [0.4, 0.5) is 37.3 Å². The van der Waals surface area contributed by atoms with E-state index >= 15 is 0 Å². The molecular formula is C28H36N4O6. The minimum atomic E-state index is -0.771. The average Bonchev–Trinajstić information content (AvgIpc) is 3.10. The van der Waals surface area contributed by atoms with Gasteiger partial charge < -0.3 is 14.2 Å². The lowest BCUT2D eigenvalue weighted by molar-refractivity contribution is 0.0571. The van der Waals surface area contributed by atoms with Crippen molar-refractivity contribution in [3.63, 3.8) is 0 Å². The number of aromatic nitrogens is 1. The van der Waals surface area contributed by atoms with E-state index in [4.69, 9.17) is 14.2 Å². The predicted octanol–water partition coefficient (Wildman–Crippen LogP) is 6.39. The van der Waals surface area contributed by atoms with E-state index in [9.17, 15) is 14.4 Å². The van der Waals surface area contributed by atoms with E-state index in [0.717, 1.165) is 0 Å². The minimum Gasteiger partial charge on any atom is -0.447 e. The van der Waals surface area contributed by atoms with E-state index in [1.807, 2.05) is 13.8 Å². The van der Waals surface area contributed by atoms with Crippen LogP contribution in [0.2, 0.25) is 0 Å². The number of nitrogens with zero attached hydrogens (tertiary/aromatic N) is 4. The summed E-state index contributed by atoms with van der Waals surface area (Å²) in [5.41, 5.74) is 0.394. The molecule has 1 fully saturated rings. The fourth-order valence-corrected chi connectivity index (χ4v) is 4.39. The Hall–Kier alpha value is -3.82. The monoisotopic (exact) mass is 524 g/mol. The number of amides is 3. The van der Waals surface area contributed by atoms with E-state index < -0.39 is 29.5 Å². The summed E-state index contributed by atoms with van der Waals surface area (Å²) in [6.07, 6.45) is -0.116. The van der Waals surface area contributed by atoms with Crippen molar-refractivity contribution in [3.8, 4) is 0 Å². The molecule has 3 amide bonds. The zero-order chi connectivity index (χ0) is 28.0. The summed E-state index contributed by atoms with van der Waals surface area (Å²) in [5, 5.41) is 0. The molecule has 0 unspecified atom stereocenters. The third kappa shape index (κ3) is 5.54. The molecule has 0 bridgehead atoms. The molecule has 4 rings (SSSR count). The minimum absolute atomic E-state index is 0.0892. The van der Waals surface area contributed by atoms with Crippen LogP contribution < -0.4 is 14.7 Å². The molecule has 2 aliphatic heterocycles. The largest absolute Gasteiger partial charge is 0.447 e. The predicted molar refractivity (Wildman–Crippen MR) is 144 cm³/mol. The van der Waals surface area contributed by atoms with Crippen molar-refractivity contribution in [1.29, 1.82) is 0 Å². The zero-order valence-electron chi connectivity index (χ0n) is 23.3. The summed E-state index contributed by atoms with van der Waals surface area (Å²) in [5.74, 6) is 0.483. The molecular weight excluding hydrogens is 488 g/mol. The lowest BCUT2D eigenvalue weighted by Gasteiger charge is -2.31. The number of anilines is 4. The highest BCUT2D eigenvalue weighted by Gasteiger charge is 2.40. The first-order valence-electron chi connectivity index (χ1n) is 12.7. The maximum absolute atomic E-state index is 13.6. The average molecular weight is 525 g/mol. The van der Waals surface area contributed by atoms with Crippen LogP contribution >= 0.6 is 0 Å². The maximum atomic E-state index is 13.6. The van der Waals surface area contributed by atoms with Gasteiger partial charge in [0.15, 0.2) is 0 Å². The van der Waals surface area contributed by atoms with Crippen LogP contribution in [0.15, 0.2) is 36.5 Å². The highest BCUT2D eigenvalue weighted by molar-refractivity contribution is 6.05. The molecule has 1 atom stereocenters. The SMILES string of the molecule is CC(C)[C@@H]1COC(=O)N1c1ccc2c(c1)N(C(=O)OC(C)(C)C)Cc1cccnc1N2C(=O)OC(C)(C)C. The molecule has 2 aromatic rings. The normalized spacial score (nSPS) is 17.6. The number of fused-ring (bicyclic) bond motifs is 2. The molecule has 204 valence electrons. The molecule has 0 spiro atoms. The van der Waals surface area contributed by atoms with Gasteiger partial charge in [0.1, 0.15) is 23.6 Å². The second kappa shape index (κ2) is 9.81. The molecule has 0 N–H and O–H groups in total. The Morgan fingerprint density at radius 3 is 2.29 bits per heavy atom. The second-order valence-corrected chi connectivity index (χ2v) is 11.8. The molecule has 10 nitrogen and oxygen atoms in total. The van der Waals surface area contributed by atoms with Gasteiger partial charge in [-0.25, -0.2) is 24.3 Å². The molecule has 1 aromatic carbocycles. The van der Waals surface area contributed by atoms with E-state index in [-0.39, 0.29) is 25.1 Å². The maximum Gasteiger partial charge on any atom is 0.420 e. The number of ether oxygens (including phenoxy) is 3. The van der Waals surface area contributed by atoms with Crippen LogP contribution in [0.3, 0.4) is 0 Å². The summed E-state index contributed by atoms with van der Waals surface area (Å²) in [6.45, 7) is 15.1. The Morgan fingerprint density at radius 1 is 1.00 bits per heavy atom. The molecule has 38 heavy (non-hydrogen) atoms. The summed E-state index contributed by atoms with van der Waals surface area (Å²) in [4.78, 5) is 48.8. The molecule has 3 heterocycles. The Morgan fingerprint density at radius 2 is 1.66 bits per heavy atom. The van der Waals surface area contributed by atoms with Gasteiger partial charge in [0.05, 0.1) is 24.0 Å².